The van der Waals surface area contributed by atoms with E-state index in [1.165, 1.54) is 11.3 Å². The summed E-state index contributed by atoms with van der Waals surface area (Å²) in [6.07, 6.45) is 0. The van der Waals surface area contributed by atoms with E-state index in [9.17, 15) is 0 Å². The number of hydrogen-bond acceptors (Lipinski definition) is 4. The topological polar surface area (TPSA) is 48.5 Å². The molecule has 4 aromatic heterocycles. The highest BCUT2D eigenvalue weighted by molar-refractivity contribution is 7.26. The van der Waals surface area contributed by atoms with E-state index in [-0.39, 0.29) is 46.0 Å². The van der Waals surface area contributed by atoms with Crippen LogP contribution in [0.3, 0.4) is 0 Å². The maximum atomic E-state index is 9.15. The van der Waals surface area contributed by atoms with Gasteiger partial charge in [-0.3, -0.25) is 0 Å². The predicted molar refractivity (Wildman–Crippen MR) is 238 cm³/mol. The van der Waals surface area contributed by atoms with Gasteiger partial charge >= 0.3 is 0 Å². The van der Waals surface area contributed by atoms with Gasteiger partial charge in [0.1, 0.15) is 0 Å². The van der Waals surface area contributed by atoms with Crippen molar-refractivity contribution in [1.82, 2.24) is 24.1 Å². The largest absolute Gasteiger partial charge is 0.309 e. The van der Waals surface area contributed by atoms with Gasteiger partial charge in [0.15, 0.2) is 17.5 Å². The first-order valence-corrected chi connectivity index (χ1v) is 19.3. The first-order valence-electron chi connectivity index (χ1n) is 22.5. The lowest BCUT2D eigenvalue weighted by molar-refractivity contribution is 1.08. The van der Waals surface area contributed by atoms with Crippen LogP contribution in [0.5, 0.6) is 0 Å². The van der Waals surface area contributed by atoms with Crippen molar-refractivity contribution < 1.29 is 11.0 Å². The molecule has 0 unspecified atom stereocenters. The average Bonchev–Trinajstić information content (AvgIpc) is 4.01. The number of thiophene rings is 1. The van der Waals surface area contributed by atoms with E-state index >= 15 is 0 Å². The van der Waals surface area contributed by atoms with Crippen LogP contribution in [0.15, 0.2) is 188 Å². The molecule has 5 nitrogen and oxygen atoms in total. The summed E-state index contributed by atoms with van der Waals surface area (Å²) in [4.78, 5) is 15.2. The smallest absolute Gasteiger partial charge is 0.164 e. The van der Waals surface area contributed by atoms with Crippen molar-refractivity contribution >= 4 is 75.1 Å². The zero-order chi connectivity index (χ0) is 44.4. The summed E-state index contributed by atoms with van der Waals surface area (Å²) in [7, 11) is 0. The van der Waals surface area contributed by atoms with Crippen LogP contribution in [0.4, 0.5) is 0 Å². The average molecular weight is 754 g/mol. The van der Waals surface area contributed by atoms with Crippen LogP contribution >= 0.6 is 11.3 Å². The first-order chi connectivity index (χ1) is 31.6. The highest BCUT2D eigenvalue weighted by Crippen LogP contribution is 2.45. The fraction of sp³-hybridized carbons (Fsp3) is 0. The molecule has 0 aliphatic rings. The quantitative estimate of drug-likeness (QED) is 0.176. The summed E-state index contributed by atoms with van der Waals surface area (Å²) in [6.45, 7) is 0. The van der Waals surface area contributed by atoms with Crippen LogP contribution in [0.25, 0.3) is 109 Å². The SMILES string of the molecule is [2H]c1c([2H])c([2H])c2c(c1[2H])c1c([2H])c([2H])c([2H])c([2H])c1n2-c1cccc2c1sc1cc3c(cc12)c1c(-c2nc(-c4ccccc4)nc(-c4ccccc4)n2)cccc1n3-c1ccccc1. The molecule has 0 saturated carbocycles. The minimum atomic E-state index is -0.476. The van der Waals surface area contributed by atoms with Gasteiger partial charge in [-0.05, 0) is 48.5 Å². The standard InChI is InChI=1S/C51H31N5S/c1-4-16-32(17-5-1)49-52-50(33-18-6-2-7-19-33)54-51(53-49)38-25-15-28-43-47(38)40-30-39-37-24-14-29-44(56-41-26-12-10-22-35(41)36-23-11-13-27-42(36)56)48(37)57-46(39)31-45(40)55(43)34-20-8-3-9-21-34/h1-31H/i10D,11D,12D,13D,22D,23D,26D,27D. The summed E-state index contributed by atoms with van der Waals surface area (Å²) >= 11 is 1.52. The Hall–Kier alpha value is -7.41. The summed E-state index contributed by atoms with van der Waals surface area (Å²) in [6, 6.07) is 43.0. The zero-order valence-electron chi connectivity index (χ0n) is 37.9. The third-order valence-corrected chi connectivity index (χ3v) is 11.8. The number of para-hydroxylation sites is 3. The fourth-order valence-corrected chi connectivity index (χ4v) is 9.37. The molecule has 266 valence electrons. The Bertz CT molecular complexity index is 3850. The number of nitrogens with zero attached hydrogens (tertiary/aromatic N) is 5. The van der Waals surface area contributed by atoms with E-state index in [1.54, 1.807) is 4.57 Å². The summed E-state index contributed by atoms with van der Waals surface area (Å²) < 4.78 is 76.2. The normalized spacial score (nSPS) is 13.8. The second kappa shape index (κ2) is 12.6. The van der Waals surface area contributed by atoms with Gasteiger partial charge in [-0.2, -0.15) is 0 Å². The molecule has 12 aromatic rings. The molecule has 0 radical (unpaired) electrons. The van der Waals surface area contributed by atoms with Crippen molar-refractivity contribution in [3.63, 3.8) is 0 Å². The van der Waals surface area contributed by atoms with Crippen LogP contribution in [0, 0.1) is 0 Å². The van der Waals surface area contributed by atoms with E-state index < -0.39 is 24.2 Å². The minimum Gasteiger partial charge on any atom is -0.309 e. The van der Waals surface area contributed by atoms with Crippen molar-refractivity contribution in [3.05, 3.63) is 188 Å². The zero-order valence-corrected chi connectivity index (χ0v) is 30.7. The predicted octanol–water partition coefficient (Wildman–Crippen LogP) is 13.4. The molecule has 8 aromatic carbocycles. The lowest BCUT2D eigenvalue weighted by Crippen LogP contribution is -2.00. The third-order valence-electron chi connectivity index (χ3n) is 10.6. The van der Waals surface area contributed by atoms with E-state index in [0.29, 0.717) is 23.2 Å². The molecule has 0 saturated heterocycles. The molecule has 0 atom stereocenters. The molecule has 0 bridgehead atoms. The molecular weight excluding hydrogens is 715 g/mol. The van der Waals surface area contributed by atoms with Gasteiger partial charge < -0.3 is 9.13 Å². The van der Waals surface area contributed by atoms with Gasteiger partial charge in [0, 0.05) is 59.4 Å². The van der Waals surface area contributed by atoms with Gasteiger partial charge in [-0.25, -0.2) is 15.0 Å². The first kappa shape index (κ1) is 24.9. The Balaban J connectivity index is 1.19. The van der Waals surface area contributed by atoms with Crippen LogP contribution in [-0.4, -0.2) is 24.1 Å². The van der Waals surface area contributed by atoms with Gasteiger partial charge in [0.25, 0.3) is 0 Å². The highest BCUT2D eigenvalue weighted by Gasteiger charge is 2.22. The Morgan fingerprint density at radius 2 is 1.04 bits per heavy atom. The summed E-state index contributed by atoms with van der Waals surface area (Å²) in [5, 5.41) is 3.81. The number of rotatable bonds is 5. The van der Waals surface area contributed by atoms with Crippen molar-refractivity contribution in [2.45, 2.75) is 0 Å². The van der Waals surface area contributed by atoms with E-state index in [1.807, 2.05) is 103 Å². The Kier molecular flexibility index (Phi) is 5.49. The van der Waals surface area contributed by atoms with Gasteiger partial charge in [-0.1, -0.05) is 139 Å². The molecule has 0 spiro atoms. The molecule has 57 heavy (non-hydrogen) atoms. The Morgan fingerprint density at radius 1 is 0.439 bits per heavy atom. The minimum absolute atomic E-state index is 0.0434. The van der Waals surface area contributed by atoms with E-state index in [0.717, 1.165) is 64.4 Å². The third kappa shape index (κ3) is 4.91. The summed E-state index contributed by atoms with van der Waals surface area (Å²) in [5.41, 5.74) is 6.13. The van der Waals surface area contributed by atoms with Crippen molar-refractivity contribution in [1.29, 1.82) is 0 Å². The molecule has 0 aliphatic carbocycles. The number of benzene rings is 8. The van der Waals surface area contributed by atoms with Crippen LogP contribution in [0.2, 0.25) is 0 Å². The maximum Gasteiger partial charge on any atom is 0.164 e. The number of aromatic nitrogens is 5. The molecule has 0 aliphatic heterocycles. The maximum absolute atomic E-state index is 9.15. The van der Waals surface area contributed by atoms with Gasteiger partial charge in [0.2, 0.25) is 0 Å². The summed E-state index contributed by atoms with van der Waals surface area (Å²) in [5.74, 6) is 1.63. The van der Waals surface area contributed by atoms with Crippen LogP contribution < -0.4 is 0 Å². The van der Waals surface area contributed by atoms with Gasteiger partial charge in [-0.15, -0.1) is 11.3 Å². The lowest BCUT2D eigenvalue weighted by atomic mass is 10.0. The van der Waals surface area contributed by atoms with Crippen LogP contribution in [0.1, 0.15) is 11.0 Å². The molecular formula is C51H31N5S. The molecule has 0 amide bonds. The number of hydrogen-bond donors (Lipinski definition) is 0. The molecule has 12 rings (SSSR count). The lowest BCUT2D eigenvalue weighted by Gasteiger charge is -2.10. The molecule has 0 N–H and O–H groups in total. The van der Waals surface area contributed by atoms with Crippen LogP contribution in [-0.2, 0) is 0 Å². The second-order valence-corrected chi connectivity index (χ2v) is 14.9. The Morgan fingerprint density at radius 3 is 1.70 bits per heavy atom. The second-order valence-electron chi connectivity index (χ2n) is 13.8. The van der Waals surface area contributed by atoms with E-state index in [2.05, 4.69) is 41.0 Å². The van der Waals surface area contributed by atoms with E-state index in [4.69, 9.17) is 25.9 Å². The molecule has 0 fully saturated rings. The Labute approximate surface area is 342 Å². The van der Waals surface area contributed by atoms with Crippen molar-refractivity contribution in [2.75, 3.05) is 0 Å². The monoisotopic (exact) mass is 753 g/mol. The fourth-order valence-electron chi connectivity index (χ4n) is 8.15. The molecule has 4 heterocycles. The molecule has 6 heteroatoms. The highest BCUT2D eigenvalue weighted by atomic mass is 32.1. The van der Waals surface area contributed by atoms with Crippen molar-refractivity contribution in [3.8, 4) is 45.5 Å². The van der Waals surface area contributed by atoms with Gasteiger partial charge in [0.05, 0.1) is 43.4 Å². The number of fused-ring (bicyclic) bond motifs is 9. The van der Waals surface area contributed by atoms with Crippen molar-refractivity contribution in [2.24, 2.45) is 0 Å².